The van der Waals surface area contributed by atoms with Crippen molar-refractivity contribution in [2.24, 2.45) is 0 Å². The van der Waals surface area contributed by atoms with E-state index in [0.29, 0.717) is 18.7 Å². The number of amides is 2. The van der Waals surface area contributed by atoms with Gasteiger partial charge in [-0.05, 0) is 18.9 Å². The standard InChI is InChI=1S/C15H17F2N5O3/c16-15(17)4-1-3-10(20-14(15)24)8-18-13(23)12-7-11(25-21-12)9-22-6-2-5-19-22/h2,5-7,10H,1,3-4,8-9H2,(H,18,23)(H,20,24). The number of halogens is 2. The molecular formula is C15H17F2N5O3. The van der Waals surface area contributed by atoms with Gasteiger partial charge in [0.25, 0.3) is 11.8 Å². The van der Waals surface area contributed by atoms with Crippen LogP contribution in [0.1, 0.15) is 35.5 Å². The number of rotatable bonds is 5. The maximum Gasteiger partial charge on any atom is 0.324 e. The van der Waals surface area contributed by atoms with Gasteiger partial charge in [0.05, 0.1) is 0 Å². The monoisotopic (exact) mass is 353 g/mol. The molecule has 2 aromatic heterocycles. The number of carbonyl (C=O) groups excluding carboxylic acids is 2. The summed E-state index contributed by atoms with van der Waals surface area (Å²) in [6.07, 6.45) is 3.44. The molecule has 0 saturated carbocycles. The van der Waals surface area contributed by atoms with E-state index in [4.69, 9.17) is 4.52 Å². The van der Waals surface area contributed by atoms with Gasteiger partial charge in [0, 0.05) is 37.5 Å². The van der Waals surface area contributed by atoms with Gasteiger partial charge in [-0.15, -0.1) is 0 Å². The van der Waals surface area contributed by atoms with E-state index in [-0.39, 0.29) is 18.7 Å². The predicted octanol–water partition coefficient (Wildman–Crippen LogP) is 0.953. The fourth-order valence-corrected chi connectivity index (χ4v) is 2.55. The molecule has 0 aliphatic carbocycles. The van der Waals surface area contributed by atoms with E-state index in [1.807, 2.05) is 0 Å². The molecule has 1 fully saturated rings. The van der Waals surface area contributed by atoms with Gasteiger partial charge in [-0.1, -0.05) is 5.16 Å². The van der Waals surface area contributed by atoms with Crippen LogP contribution >= 0.6 is 0 Å². The van der Waals surface area contributed by atoms with Crippen molar-refractivity contribution < 1.29 is 22.9 Å². The summed E-state index contributed by atoms with van der Waals surface area (Å²) in [6, 6.07) is 2.70. The Bertz CT molecular complexity index is 744. The molecule has 8 nitrogen and oxygen atoms in total. The summed E-state index contributed by atoms with van der Waals surface area (Å²) in [5.74, 6) is -4.70. The van der Waals surface area contributed by atoms with E-state index in [1.54, 1.807) is 23.1 Å². The van der Waals surface area contributed by atoms with Crippen molar-refractivity contribution in [1.29, 1.82) is 0 Å². The Morgan fingerprint density at radius 3 is 3.12 bits per heavy atom. The van der Waals surface area contributed by atoms with Crippen LogP contribution in [0.5, 0.6) is 0 Å². The summed E-state index contributed by atoms with van der Waals surface area (Å²) in [4.78, 5) is 23.5. The summed E-state index contributed by atoms with van der Waals surface area (Å²) in [6.45, 7) is 0.378. The molecule has 1 saturated heterocycles. The average Bonchev–Trinajstić information content (AvgIpc) is 3.21. The molecule has 1 aliphatic rings. The fourth-order valence-electron chi connectivity index (χ4n) is 2.55. The molecule has 3 heterocycles. The summed E-state index contributed by atoms with van der Waals surface area (Å²) in [7, 11) is 0. The zero-order chi connectivity index (χ0) is 17.9. The predicted molar refractivity (Wildman–Crippen MR) is 80.9 cm³/mol. The van der Waals surface area contributed by atoms with Crippen LogP contribution in [0.15, 0.2) is 29.0 Å². The molecule has 2 amide bonds. The molecule has 1 unspecified atom stereocenters. The summed E-state index contributed by atoms with van der Waals surface area (Å²) < 4.78 is 33.3. The molecule has 10 heteroatoms. The first kappa shape index (κ1) is 17.1. The number of nitrogens with one attached hydrogen (secondary N) is 2. The van der Waals surface area contributed by atoms with Gasteiger partial charge in [0.15, 0.2) is 11.5 Å². The Kier molecular flexibility index (Phi) is 4.77. The zero-order valence-electron chi connectivity index (χ0n) is 13.2. The molecule has 2 aromatic rings. The highest BCUT2D eigenvalue weighted by molar-refractivity contribution is 5.92. The molecule has 0 spiro atoms. The minimum absolute atomic E-state index is 0.0437. The number of carbonyl (C=O) groups is 2. The average molecular weight is 353 g/mol. The maximum atomic E-state index is 13.3. The van der Waals surface area contributed by atoms with Crippen molar-refractivity contribution in [3.05, 3.63) is 36.0 Å². The van der Waals surface area contributed by atoms with E-state index in [1.165, 1.54) is 6.07 Å². The number of hydrogen-bond donors (Lipinski definition) is 2. The Labute approximate surface area is 141 Å². The Morgan fingerprint density at radius 2 is 2.36 bits per heavy atom. The number of aromatic nitrogens is 3. The lowest BCUT2D eigenvalue weighted by molar-refractivity contribution is -0.145. The van der Waals surface area contributed by atoms with Gasteiger partial charge in [-0.25, -0.2) is 0 Å². The second-order valence-electron chi connectivity index (χ2n) is 5.86. The van der Waals surface area contributed by atoms with Crippen LogP contribution in [0.3, 0.4) is 0 Å². The first-order valence-corrected chi connectivity index (χ1v) is 7.84. The number of alkyl halides is 2. The van der Waals surface area contributed by atoms with Crippen LogP contribution in [0, 0.1) is 0 Å². The third-order valence-corrected chi connectivity index (χ3v) is 3.89. The van der Waals surface area contributed by atoms with Gasteiger partial charge < -0.3 is 15.2 Å². The summed E-state index contributed by atoms with van der Waals surface area (Å²) in [5.41, 5.74) is 0.0763. The highest BCUT2D eigenvalue weighted by atomic mass is 19.3. The van der Waals surface area contributed by atoms with Crippen LogP contribution in [0.2, 0.25) is 0 Å². The second kappa shape index (κ2) is 6.99. The van der Waals surface area contributed by atoms with Crippen molar-refractivity contribution in [2.75, 3.05) is 6.54 Å². The van der Waals surface area contributed by atoms with Crippen molar-refractivity contribution in [2.45, 2.75) is 37.8 Å². The molecule has 0 bridgehead atoms. The summed E-state index contributed by atoms with van der Waals surface area (Å²) in [5, 5.41) is 12.5. The Hall–Kier alpha value is -2.78. The molecule has 3 rings (SSSR count). The molecule has 2 N–H and O–H groups in total. The third-order valence-electron chi connectivity index (χ3n) is 3.89. The fraction of sp³-hybridized carbons (Fsp3) is 0.467. The van der Waals surface area contributed by atoms with Crippen molar-refractivity contribution in [1.82, 2.24) is 25.6 Å². The SMILES string of the molecule is O=C(NCC1CCCC(F)(F)C(=O)N1)c1cc(Cn2cccn2)on1. The van der Waals surface area contributed by atoms with E-state index >= 15 is 0 Å². The first-order valence-electron chi connectivity index (χ1n) is 7.84. The highest BCUT2D eigenvalue weighted by Crippen LogP contribution is 2.25. The van der Waals surface area contributed by atoms with E-state index < -0.39 is 30.2 Å². The zero-order valence-corrected chi connectivity index (χ0v) is 13.2. The lowest BCUT2D eigenvalue weighted by Gasteiger charge is -2.17. The smallest absolute Gasteiger partial charge is 0.324 e. The van der Waals surface area contributed by atoms with Crippen LogP contribution in [-0.4, -0.2) is 45.3 Å². The molecule has 25 heavy (non-hydrogen) atoms. The third kappa shape index (κ3) is 4.20. The van der Waals surface area contributed by atoms with Gasteiger partial charge in [-0.3, -0.25) is 14.3 Å². The van der Waals surface area contributed by atoms with E-state index in [2.05, 4.69) is 20.9 Å². The van der Waals surface area contributed by atoms with Crippen LogP contribution < -0.4 is 10.6 Å². The van der Waals surface area contributed by atoms with Gasteiger partial charge in [0.2, 0.25) is 0 Å². The highest BCUT2D eigenvalue weighted by Gasteiger charge is 2.41. The van der Waals surface area contributed by atoms with Crippen molar-refractivity contribution in [3.63, 3.8) is 0 Å². The number of nitrogens with zero attached hydrogens (tertiary/aromatic N) is 3. The normalized spacial score (nSPS) is 19.9. The van der Waals surface area contributed by atoms with Crippen LogP contribution in [0.25, 0.3) is 0 Å². The van der Waals surface area contributed by atoms with Gasteiger partial charge in [-0.2, -0.15) is 13.9 Å². The van der Waals surface area contributed by atoms with Gasteiger partial charge >= 0.3 is 5.92 Å². The topological polar surface area (TPSA) is 102 Å². The molecule has 1 aliphatic heterocycles. The van der Waals surface area contributed by atoms with Crippen LogP contribution in [0.4, 0.5) is 8.78 Å². The maximum absolute atomic E-state index is 13.3. The molecular weight excluding hydrogens is 336 g/mol. The van der Waals surface area contributed by atoms with Crippen molar-refractivity contribution >= 4 is 11.8 Å². The van der Waals surface area contributed by atoms with E-state index in [9.17, 15) is 18.4 Å². The van der Waals surface area contributed by atoms with Crippen LogP contribution in [-0.2, 0) is 11.3 Å². The quantitative estimate of drug-likeness (QED) is 0.833. The lowest BCUT2D eigenvalue weighted by Crippen LogP contribution is -2.47. The molecule has 134 valence electrons. The minimum Gasteiger partial charge on any atom is -0.359 e. The second-order valence-corrected chi connectivity index (χ2v) is 5.86. The lowest BCUT2D eigenvalue weighted by atomic mass is 10.1. The summed E-state index contributed by atoms with van der Waals surface area (Å²) >= 11 is 0. The number of hydrogen-bond acceptors (Lipinski definition) is 5. The Morgan fingerprint density at radius 1 is 1.52 bits per heavy atom. The van der Waals surface area contributed by atoms with Gasteiger partial charge in [0.1, 0.15) is 6.54 Å². The molecule has 0 radical (unpaired) electrons. The van der Waals surface area contributed by atoms with Crippen molar-refractivity contribution in [3.8, 4) is 0 Å². The first-order chi connectivity index (χ1) is 11.9. The molecule has 1 atom stereocenters. The largest absolute Gasteiger partial charge is 0.359 e. The van der Waals surface area contributed by atoms with E-state index in [0.717, 1.165) is 0 Å². The Balaban J connectivity index is 1.52. The minimum atomic E-state index is -3.35. The molecule has 0 aromatic carbocycles.